The molecule has 0 unspecified atom stereocenters. The Balaban J connectivity index is 1.96. The fourth-order valence-corrected chi connectivity index (χ4v) is 1.45. The number of rotatable bonds is 4. The number of carbonyl (C=O) groups excluding carboxylic acids is 1. The summed E-state index contributed by atoms with van der Waals surface area (Å²) in [7, 11) is 1.31. The van der Waals surface area contributed by atoms with Gasteiger partial charge in [0.2, 0.25) is 5.76 Å². The van der Waals surface area contributed by atoms with Crippen LogP contribution in [0.15, 0.2) is 40.8 Å². The van der Waals surface area contributed by atoms with Gasteiger partial charge in [-0.05, 0) is 31.2 Å². The van der Waals surface area contributed by atoms with Crippen LogP contribution in [0.2, 0.25) is 0 Å². The maximum atomic E-state index is 11.2. The average Bonchev–Trinajstić information content (AvgIpc) is 2.86. The van der Waals surface area contributed by atoms with Crippen molar-refractivity contribution in [3.63, 3.8) is 0 Å². The number of carbonyl (C=O) groups is 1. The molecule has 1 aromatic heterocycles. The molecule has 0 N–H and O–H groups in total. The van der Waals surface area contributed by atoms with Gasteiger partial charge in [-0.15, -0.1) is 0 Å². The number of hydrogen-bond acceptors (Lipinski definition) is 4. The summed E-state index contributed by atoms with van der Waals surface area (Å²) in [6.45, 7) is 2.29. The number of benzene rings is 1. The first-order chi connectivity index (χ1) is 8.69. The summed E-state index contributed by atoms with van der Waals surface area (Å²) in [4.78, 5) is 11.2. The molecule has 0 aliphatic carbocycles. The average molecular weight is 246 g/mol. The molecule has 4 heteroatoms. The van der Waals surface area contributed by atoms with Crippen LogP contribution in [0.1, 0.15) is 21.9 Å². The Morgan fingerprint density at radius 1 is 1.17 bits per heavy atom. The Hall–Kier alpha value is -2.23. The first-order valence-electron chi connectivity index (χ1n) is 5.55. The second-order valence-electron chi connectivity index (χ2n) is 3.86. The summed E-state index contributed by atoms with van der Waals surface area (Å²) >= 11 is 0. The van der Waals surface area contributed by atoms with Crippen LogP contribution in [0.25, 0.3) is 0 Å². The molecule has 1 aromatic carbocycles. The van der Waals surface area contributed by atoms with E-state index in [1.54, 1.807) is 12.1 Å². The zero-order chi connectivity index (χ0) is 13.0. The van der Waals surface area contributed by atoms with Gasteiger partial charge in [0.05, 0.1) is 7.11 Å². The molecule has 94 valence electrons. The van der Waals surface area contributed by atoms with Crippen molar-refractivity contribution in [1.82, 2.24) is 0 Å². The van der Waals surface area contributed by atoms with Crippen LogP contribution in [0, 0.1) is 6.92 Å². The molecule has 0 radical (unpaired) electrons. The van der Waals surface area contributed by atoms with Gasteiger partial charge in [-0.25, -0.2) is 4.79 Å². The monoisotopic (exact) mass is 246 g/mol. The van der Waals surface area contributed by atoms with E-state index < -0.39 is 5.97 Å². The van der Waals surface area contributed by atoms with Crippen molar-refractivity contribution in [2.45, 2.75) is 13.5 Å². The van der Waals surface area contributed by atoms with Crippen LogP contribution >= 0.6 is 0 Å². The molecule has 0 saturated heterocycles. The van der Waals surface area contributed by atoms with Gasteiger partial charge in [-0.1, -0.05) is 17.7 Å². The van der Waals surface area contributed by atoms with Crippen molar-refractivity contribution >= 4 is 5.97 Å². The van der Waals surface area contributed by atoms with Crippen molar-refractivity contribution < 1.29 is 18.7 Å². The summed E-state index contributed by atoms with van der Waals surface area (Å²) in [5.41, 5.74) is 1.17. The van der Waals surface area contributed by atoms with E-state index >= 15 is 0 Å². The molecule has 18 heavy (non-hydrogen) atoms. The van der Waals surface area contributed by atoms with Gasteiger partial charge >= 0.3 is 5.97 Å². The minimum Gasteiger partial charge on any atom is -0.486 e. The Labute approximate surface area is 105 Å². The van der Waals surface area contributed by atoms with E-state index in [-0.39, 0.29) is 12.4 Å². The normalized spacial score (nSPS) is 10.1. The third-order valence-electron chi connectivity index (χ3n) is 2.45. The molecule has 0 aliphatic heterocycles. The first kappa shape index (κ1) is 12.2. The minimum absolute atomic E-state index is 0.181. The van der Waals surface area contributed by atoms with Crippen molar-refractivity contribution in [3.8, 4) is 5.75 Å². The highest BCUT2D eigenvalue weighted by atomic mass is 16.5. The Kier molecular flexibility index (Phi) is 3.67. The molecule has 0 saturated carbocycles. The van der Waals surface area contributed by atoms with Gasteiger partial charge in [0.1, 0.15) is 18.1 Å². The van der Waals surface area contributed by atoms with Crippen molar-refractivity contribution in [1.29, 1.82) is 0 Å². The molecule has 0 fully saturated rings. The number of furan rings is 1. The molecule has 0 atom stereocenters. The van der Waals surface area contributed by atoms with Crippen LogP contribution in [-0.2, 0) is 11.3 Å². The molecule has 4 nitrogen and oxygen atoms in total. The lowest BCUT2D eigenvalue weighted by Crippen LogP contribution is -1.99. The lowest BCUT2D eigenvalue weighted by molar-refractivity contribution is 0.0561. The van der Waals surface area contributed by atoms with E-state index in [4.69, 9.17) is 9.15 Å². The van der Waals surface area contributed by atoms with E-state index in [0.717, 1.165) is 5.75 Å². The first-order valence-corrected chi connectivity index (χ1v) is 5.55. The summed E-state index contributed by atoms with van der Waals surface area (Å²) in [5, 5.41) is 0. The van der Waals surface area contributed by atoms with Crippen LogP contribution in [0.4, 0.5) is 0 Å². The van der Waals surface area contributed by atoms with Gasteiger partial charge in [-0.3, -0.25) is 0 Å². The van der Waals surface area contributed by atoms with Gasteiger partial charge in [0.25, 0.3) is 0 Å². The number of aryl methyl sites for hydroxylation is 1. The summed E-state index contributed by atoms with van der Waals surface area (Å²) in [5.74, 6) is 1.03. The van der Waals surface area contributed by atoms with Crippen molar-refractivity contribution in [3.05, 3.63) is 53.5 Å². The highest BCUT2D eigenvalue weighted by Gasteiger charge is 2.11. The standard InChI is InChI=1S/C14H14O4/c1-10-3-5-11(6-4-10)17-9-12-7-8-13(18-12)14(15)16-2/h3-8H,9H2,1-2H3. The summed E-state index contributed by atoms with van der Waals surface area (Å²) < 4.78 is 15.4. The lowest BCUT2D eigenvalue weighted by Gasteiger charge is -2.04. The largest absolute Gasteiger partial charge is 0.486 e. The fraction of sp³-hybridized carbons (Fsp3) is 0.214. The quantitative estimate of drug-likeness (QED) is 0.778. The van der Waals surface area contributed by atoms with Gasteiger partial charge < -0.3 is 13.9 Å². The SMILES string of the molecule is COC(=O)c1ccc(COc2ccc(C)cc2)o1. The number of methoxy groups -OCH3 is 1. The van der Waals surface area contributed by atoms with Crippen molar-refractivity contribution in [2.24, 2.45) is 0 Å². The third kappa shape index (κ3) is 2.91. The van der Waals surface area contributed by atoms with Crippen molar-refractivity contribution in [2.75, 3.05) is 7.11 Å². The third-order valence-corrected chi connectivity index (χ3v) is 2.45. The maximum absolute atomic E-state index is 11.2. The second-order valence-corrected chi connectivity index (χ2v) is 3.86. The molecule has 0 amide bonds. The second kappa shape index (κ2) is 5.40. The predicted octanol–water partition coefficient (Wildman–Crippen LogP) is 2.95. The van der Waals surface area contributed by atoms with E-state index in [2.05, 4.69) is 4.74 Å². The number of hydrogen-bond donors (Lipinski definition) is 0. The van der Waals surface area contributed by atoms with E-state index in [1.165, 1.54) is 12.7 Å². The fourth-order valence-electron chi connectivity index (χ4n) is 1.45. The molecule has 2 aromatic rings. The predicted molar refractivity (Wildman–Crippen MR) is 65.6 cm³/mol. The zero-order valence-corrected chi connectivity index (χ0v) is 10.3. The van der Waals surface area contributed by atoms with Gasteiger partial charge in [0, 0.05) is 0 Å². The van der Waals surface area contributed by atoms with Crippen LogP contribution < -0.4 is 4.74 Å². The van der Waals surface area contributed by atoms with Gasteiger partial charge in [-0.2, -0.15) is 0 Å². The lowest BCUT2D eigenvalue weighted by atomic mass is 10.2. The van der Waals surface area contributed by atoms with Crippen LogP contribution in [-0.4, -0.2) is 13.1 Å². The smallest absolute Gasteiger partial charge is 0.373 e. The summed E-state index contributed by atoms with van der Waals surface area (Å²) in [6, 6.07) is 11.0. The Morgan fingerprint density at radius 3 is 2.56 bits per heavy atom. The Morgan fingerprint density at radius 2 is 1.89 bits per heavy atom. The zero-order valence-electron chi connectivity index (χ0n) is 10.3. The van der Waals surface area contributed by atoms with Gasteiger partial charge in [0.15, 0.2) is 0 Å². The van der Waals surface area contributed by atoms with E-state index in [9.17, 15) is 4.79 Å². The number of ether oxygens (including phenoxy) is 2. The number of esters is 1. The van der Waals surface area contributed by atoms with E-state index in [1.807, 2.05) is 31.2 Å². The molecule has 0 spiro atoms. The molecule has 2 rings (SSSR count). The Bertz CT molecular complexity index is 525. The summed E-state index contributed by atoms with van der Waals surface area (Å²) in [6.07, 6.45) is 0. The van der Waals surface area contributed by atoms with Crippen LogP contribution in [0.5, 0.6) is 5.75 Å². The molecular formula is C14H14O4. The minimum atomic E-state index is -0.489. The topological polar surface area (TPSA) is 48.7 Å². The molecular weight excluding hydrogens is 232 g/mol. The van der Waals surface area contributed by atoms with E-state index in [0.29, 0.717) is 5.76 Å². The van der Waals surface area contributed by atoms with Crippen LogP contribution in [0.3, 0.4) is 0 Å². The molecule has 0 aliphatic rings. The molecule has 1 heterocycles. The maximum Gasteiger partial charge on any atom is 0.373 e. The molecule has 0 bridgehead atoms. The highest BCUT2D eigenvalue weighted by Crippen LogP contribution is 2.15. The highest BCUT2D eigenvalue weighted by molar-refractivity contribution is 5.86.